The number of rotatable bonds is 5. The van der Waals surface area contributed by atoms with E-state index in [1.165, 1.54) is 0 Å². The number of nitrogens with zero attached hydrogens (tertiary/aromatic N) is 4. The van der Waals surface area contributed by atoms with Gasteiger partial charge in [0.1, 0.15) is 0 Å². The van der Waals surface area contributed by atoms with E-state index in [0.717, 1.165) is 12.2 Å². The number of nitrogens with one attached hydrogen (secondary N) is 1. The van der Waals surface area contributed by atoms with Crippen LogP contribution in [0.4, 0.5) is 5.88 Å². The first-order valence-electron chi connectivity index (χ1n) is 7.69. The average molecular weight is 319 g/mol. The van der Waals surface area contributed by atoms with Crippen molar-refractivity contribution in [1.29, 1.82) is 0 Å². The highest BCUT2D eigenvalue weighted by Gasteiger charge is 2.28. The molecule has 3 heterocycles. The standard InChI is InChI=1S/C15H21N5O3/c1-11-8-14(23-18-11)17-15(21)12(2)19-6-7-22-13(9-19)10-20-5-3-4-16-20/h3-5,8,12-13H,6-7,9-10H2,1-2H3,(H,17,21)/t12-,13+/m1/s1. The number of aromatic nitrogens is 3. The summed E-state index contributed by atoms with van der Waals surface area (Å²) < 4.78 is 12.6. The van der Waals surface area contributed by atoms with Gasteiger partial charge >= 0.3 is 0 Å². The lowest BCUT2D eigenvalue weighted by atomic mass is 10.2. The number of hydrogen-bond acceptors (Lipinski definition) is 6. The van der Waals surface area contributed by atoms with Crippen molar-refractivity contribution < 1.29 is 14.1 Å². The third-order valence-electron chi connectivity index (χ3n) is 3.92. The van der Waals surface area contributed by atoms with Crippen LogP contribution in [0.1, 0.15) is 12.6 Å². The van der Waals surface area contributed by atoms with Gasteiger partial charge in [-0.15, -0.1) is 0 Å². The van der Waals surface area contributed by atoms with Gasteiger partial charge in [0.2, 0.25) is 11.8 Å². The van der Waals surface area contributed by atoms with Crippen LogP contribution in [0.25, 0.3) is 0 Å². The van der Waals surface area contributed by atoms with E-state index in [-0.39, 0.29) is 18.1 Å². The number of morpholine rings is 1. The molecule has 0 aromatic carbocycles. The number of ether oxygens (including phenoxy) is 1. The minimum atomic E-state index is -0.274. The van der Waals surface area contributed by atoms with E-state index < -0.39 is 0 Å². The molecule has 0 aliphatic carbocycles. The highest BCUT2D eigenvalue weighted by molar-refractivity contribution is 5.93. The Morgan fingerprint density at radius 1 is 1.57 bits per heavy atom. The Hall–Kier alpha value is -2.19. The van der Waals surface area contributed by atoms with Crippen molar-refractivity contribution in [2.45, 2.75) is 32.5 Å². The lowest BCUT2D eigenvalue weighted by molar-refractivity contribution is -0.124. The predicted octanol–water partition coefficient (Wildman–Crippen LogP) is 0.908. The number of carbonyl (C=O) groups is 1. The van der Waals surface area contributed by atoms with Gasteiger partial charge in [-0.25, -0.2) is 0 Å². The van der Waals surface area contributed by atoms with Crippen LogP contribution in [-0.2, 0) is 16.1 Å². The summed E-state index contributed by atoms with van der Waals surface area (Å²) in [5.74, 6) is 0.265. The monoisotopic (exact) mass is 319 g/mol. The van der Waals surface area contributed by atoms with Gasteiger partial charge in [-0.3, -0.25) is 19.7 Å². The van der Waals surface area contributed by atoms with Crippen molar-refractivity contribution in [3.8, 4) is 0 Å². The topological polar surface area (TPSA) is 85.4 Å². The summed E-state index contributed by atoms with van der Waals surface area (Å²) in [6, 6.07) is 3.31. The van der Waals surface area contributed by atoms with Gasteiger partial charge in [0.05, 0.1) is 31.0 Å². The zero-order chi connectivity index (χ0) is 16.2. The zero-order valence-corrected chi connectivity index (χ0v) is 13.3. The molecule has 2 atom stereocenters. The summed E-state index contributed by atoms with van der Waals surface area (Å²) in [7, 11) is 0. The molecule has 0 spiro atoms. The van der Waals surface area contributed by atoms with Crippen LogP contribution in [0.2, 0.25) is 0 Å². The molecule has 0 radical (unpaired) electrons. The van der Waals surface area contributed by atoms with Crippen molar-refractivity contribution >= 4 is 11.8 Å². The Balaban J connectivity index is 1.55. The van der Waals surface area contributed by atoms with Gasteiger partial charge in [-0.05, 0) is 19.9 Å². The summed E-state index contributed by atoms with van der Waals surface area (Å²) in [5.41, 5.74) is 0.735. The Kier molecular flexibility index (Phi) is 4.73. The van der Waals surface area contributed by atoms with Gasteiger partial charge in [-0.2, -0.15) is 5.10 Å². The smallest absolute Gasteiger partial charge is 0.243 e. The summed E-state index contributed by atoms with van der Waals surface area (Å²) in [5, 5.41) is 10.7. The summed E-state index contributed by atoms with van der Waals surface area (Å²) in [6.07, 6.45) is 3.67. The molecule has 2 aromatic heterocycles. The highest BCUT2D eigenvalue weighted by atomic mass is 16.5. The summed E-state index contributed by atoms with van der Waals surface area (Å²) in [6.45, 7) is 6.38. The molecule has 23 heavy (non-hydrogen) atoms. The Morgan fingerprint density at radius 2 is 2.43 bits per heavy atom. The first-order chi connectivity index (χ1) is 11.1. The van der Waals surface area contributed by atoms with Crippen LogP contribution in [0, 0.1) is 6.92 Å². The van der Waals surface area contributed by atoms with Crippen LogP contribution in [0.5, 0.6) is 0 Å². The molecule has 1 N–H and O–H groups in total. The third-order valence-corrected chi connectivity index (χ3v) is 3.92. The first-order valence-corrected chi connectivity index (χ1v) is 7.69. The highest BCUT2D eigenvalue weighted by Crippen LogP contribution is 2.14. The van der Waals surface area contributed by atoms with Gasteiger partial charge in [0.15, 0.2) is 0 Å². The minimum absolute atomic E-state index is 0.0198. The van der Waals surface area contributed by atoms with E-state index >= 15 is 0 Å². The van der Waals surface area contributed by atoms with Crippen LogP contribution in [0.3, 0.4) is 0 Å². The maximum absolute atomic E-state index is 12.3. The quantitative estimate of drug-likeness (QED) is 0.881. The van der Waals surface area contributed by atoms with Gasteiger partial charge in [0, 0.05) is 31.5 Å². The molecular formula is C15H21N5O3. The fourth-order valence-corrected chi connectivity index (χ4v) is 2.64. The molecule has 1 saturated heterocycles. The third kappa shape index (κ3) is 3.96. The first kappa shape index (κ1) is 15.7. The van der Waals surface area contributed by atoms with Crippen molar-refractivity contribution in [1.82, 2.24) is 19.8 Å². The molecule has 3 rings (SSSR count). The molecule has 8 nitrogen and oxygen atoms in total. The minimum Gasteiger partial charge on any atom is -0.374 e. The fraction of sp³-hybridized carbons (Fsp3) is 0.533. The van der Waals surface area contributed by atoms with E-state index in [1.807, 2.05) is 30.8 Å². The SMILES string of the molecule is Cc1cc(NC(=O)[C@@H](C)N2CCO[C@H](Cn3cccn3)C2)on1. The van der Waals surface area contributed by atoms with E-state index in [1.54, 1.807) is 12.3 Å². The van der Waals surface area contributed by atoms with Crippen molar-refractivity contribution in [2.24, 2.45) is 0 Å². The maximum Gasteiger partial charge on any atom is 0.243 e. The van der Waals surface area contributed by atoms with Crippen LogP contribution in [0.15, 0.2) is 29.0 Å². The fourth-order valence-electron chi connectivity index (χ4n) is 2.64. The Morgan fingerprint density at radius 3 is 3.13 bits per heavy atom. The number of hydrogen-bond donors (Lipinski definition) is 1. The molecule has 2 aromatic rings. The van der Waals surface area contributed by atoms with Gasteiger partial charge in [-0.1, -0.05) is 5.16 Å². The summed E-state index contributed by atoms with van der Waals surface area (Å²) >= 11 is 0. The lowest BCUT2D eigenvalue weighted by Gasteiger charge is -2.35. The second-order valence-electron chi connectivity index (χ2n) is 5.71. The molecule has 0 bridgehead atoms. The molecule has 1 amide bonds. The molecule has 0 saturated carbocycles. The van der Waals surface area contributed by atoms with Gasteiger partial charge < -0.3 is 9.26 Å². The average Bonchev–Trinajstić information content (AvgIpc) is 3.18. The zero-order valence-electron chi connectivity index (χ0n) is 13.3. The van der Waals surface area contributed by atoms with E-state index in [9.17, 15) is 4.79 Å². The largest absolute Gasteiger partial charge is 0.374 e. The molecule has 124 valence electrons. The maximum atomic E-state index is 12.3. The van der Waals surface area contributed by atoms with E-state index in [4.69, 9.17) is 9.26 Å². The van der Waals surface area contributed by atoms with Gasteiger partial charge in [0.25, 0.3) is 0 Å². The molecule has 1 fully saturated rings. The molecule has 0 unspecified atom stereocenters. The van der Waals surface area contributed by atoms with Crippen LogP contribution in [-0.4, -0.2) is 57.6 Å². The molecule has 1 aliphatic heterocycles. The Labute approximate surface area is 134 Å². The number of amides is 1. The predicted molar refractivity (Wildman–Crippen MR) is 82.9 cm³/mol. The second kappa shape index (κ2) is 6.93. The Bertz CT molecular complexity index is 639. The van der Waals surface area contributed by atoms with Crippen molar-refractivity contribution in [2.75, 3.05) is 25.0 Å². The number of carbonyl (C=O) groups excluding carboxylic acids is 1. The van der Waals surface area contributed by atoms with Crippen LogP contribution < -0.4 is 5.32 Å². The number of anilines is 1. The second-order valence-corrected chi connectivity index (χ2v) is 5.71. The van der Waals surface area contributed by atoms with E-state index in [0.29, 0.717) is 25.6 Å². The normalized spacial score (nSPS) is 20.3. The molecule has 1 aliphatic rings. The lowest BCUT2D eigenvalue weighted by Crippen LogP contribution is -2.51. The van der Waals surface area contributed by atoms with E-state index in [2.05, 4.69) is 20.5 Å². The summed E-state index contributed by atoms with van der Waals surface area (Å²) in [4.78, 5) is 14.5. The van der Waals surface area contributed by atoms with Crippen molar-refractivity contribution in [3.63, 3.8) is 0 Å². The number of aryl methyl sites for hydroxylation is 1. The molecular weight excluding hydrogens is 298 g/mol. The van der Waals surface area contributed by atoms with Crippen molar-refractivity contribution in [3.05, 3.63) is 30.2 Å². The van der Waals surface area contributed by atoms with Crippen LogP contribution >= 0.6 is 0 Å². The molecule has 8 heteroatoms.